The van der Waals surface area contributed by atoms with Gasteiger partial charge < -0.3 is 4.85 Å². The molecule has 1 aromatic rings. The number of hydrogen-bond donors (Lipinski definition) is 0. The molecule has 0 bridgehead atoms. The minimum Gasteiger partial charge on any atom is -0.305 e. The molecule has 0 atom stereocenters. The summed E-state index contributed by atoms with van der Waals surface area (Å²) in [4.78, 5) is 3.45. The van der Waals surface area contributed by atoms with Crippen LogP contribution in [-0.4, -0.2) is 0 Å². The molecular formula is C8H6FNS. The van der Waals surface area contributed by atoms with Crippen LogP contribution in [0.2, 0.25) is 0 Å². The van der Waals surface area contributed by atoms with Gasteiger partial charge in [0.2, 0.25) is 0 Å². The summed E-state index contributed by atoms with van der Waals surface area (Å²) in [5.74, 6) is -0.205. The molecule has 1 saturated carbocycles. The molecule has 0 spiro atoms. The highest BCUT2D eigenvalue weighted by molar-refractivity contribution is 7.08. The van der Waals surface area contributed by atoms with Crippen LogP contribution in [0.1, 0.15) is 18.4 Å². The molecule has 0 amide bonds. The van der Waals surface area contributed by atoms with E-state index in [1.54, 1.807) is 5.38 Å². The van der Waals surface area contributed by atoms with Gasteiger partial charge in [0.25, 0.3) is 5.54 Å². The second-order valence-corrected chi connectivity index (χ2v) is 3.52. The summed E-state index contributed by atoms with van der Waals surface area (Å²) in [5, 5.41) is 3.21. The van der Waals surface area contributed by atoms with E-state index in [2.05, 4.69) is 4.85 Å². The molecule has 0 N–H and O–H groups in total. The summed E-state index contributed by atoms with van der Waals surface area (Å²) in [6.07, 6.45) is 1.65. The first kappa shape index (κ1) is 6.81. The fraction of sp³-hybridized carbons (Fsp3) is 0.375. The highest BCUT2D eigenvalue weighted by atomic mass is 32.1. The van der Waals surface area contributed by atoms with Crippen molar-refractivity contribution in [1.82, 2.24) is 0 Å². The molecular weight excluding hydrogens is 161 g/mol. The van der Waals surface area contributed by atoms with Gasteiger partial charge in [0.15, 0.2) is 0 Å². The van der Waals surface area contributed by atoms with Crippen molar-refractivity contribution < 1.29 is 4.39 Å². The molecule has 0 saturated heterocycles. The average Bonchev–Trinajstić information content (AvgIpc) is 2.70. The average molecular weight is 167 g/mol. The molecule has 1 nitrogen and oxygen atoms in total. The number of nitrogens with zero attached hydrogens (tertiary/aromatic N) is 1. The first-order chi connectivity index (χ1) is 5.28. The number of halogens is 1. The Morgan fingerprint density at radius 3 is 2.64 bits per heavy atom. The lowest BCUT2D eigenvalue weighted by atomic mass is 10.1. The Bertz CT molecular complexity index is 319. The van der Waals surface area contributed by atoms with Crippen molar-refractivity contribution in [3.05, 3.63) is 33.6 Å². The lowest BCUT2D eigenvalue weighted by Gasteiger charge is -1.96. The third-order valence-electron chi connectivity index (χ3n) is 2.05. The highest BCUT2D eigenvalue weighted by Crippen LogP contribution is 2.51. The third-order valence-corrected chi connectivity index (χ3v) is 2.77. The molecule has 11 heavy (non-hydrogen) atoms. The van der Waals surface area contributed by atoms with E-state index in [0.29, 0.717) is 5.56 Å². The molecule has 2 rings (SSSR count). The highest BCUT2D eigenvalue weighted by Gasteiger charge is 2.54. The lowest BCUT2D eigenvalue weighted by molar-refractivity contribution is 0.604. The van der Waals surface area contributed by atoms with Gasteiger partial charge in [0.1, 0.15) is 5.82 Å². The first-order valence-corrected chi connectivity index (χ1v) is 4.33. The standard InChI is InChI=1S/C8H6FNS/c1-10-8(2-3-8)6-4-11-5-7(6)9/h4-5H,2-3H2. The molecule has 0 aromatic carbocycles. The van der Waals surface area contributed by atoms with Crippen molar-refractivity contribution in [2.45, 2.75) is 18.4 Å². The Morgan fingerprint density at radius 1 is 1.55 bits per heavy atom. The second-order valence-electron chi connectivity index (χ2n) is 2.78. The largest absolute Gasteiger partial charge is 0.305 e. The van der Waals surface area contributed by atoms with E-state index in [4.69, 9.17) is 6.57 Å². The Labute approximate surface area is 68.3 Å². The third kappa shape index (κ3) is 0.865. The van der Waals surface area contributed by atoms with E-state index < -0.39 is 5.54 Å². The second kappa shape index (κ2) is 2.05. The quantitative estimate of drug-likeness (QED) is 0.566. The lowest BCUT2D eigenvalue weighted by Crippen LogP contribution is -1.99. The predicted molar refractivity (Wildman–Crippen MR) is 41.8 cm³/mol. The van der Waals surface area contributed by atoms with Gasteiger partial charge in [0, 0.05) is 23.6 Å². The van der Waals surface area contributed by atoms with Gasteiger partial charge in [-0.25, -0.2) is 11.0 Å². The zero-order valence-electron chi connectivity index (χ0n) is 5.80. The van der Waals surface area contributed by atoms with Gasteiger partial charge in [-0.3, -0.25) is 0 Å². The van der Waals surface area contributed by atoms with E-state index in [1.165, 1.54) is 16.7 Å². The van der Waals surface area contributed by atoms with Crippen LogP contribution in [0.3, 0.4) is 0 Å². The molecule has 1 aliphatic carbocycles. The fourth-order valence-electron chi connectivity index (χ4n) is 1.17. The molecule has 0 aliphatic heterocycles. The summed E-state index contributed by atoms with van der Waals surface area (Å²) < 4.78 is 12.9. The van der Waals surface area contributed by atoms with Crippen LogP contribution >= 0.6 is 11.3 Å². The zero-order chi connectivity index (χ0) is 7.90. The minimum atomic E-state index is -0.468. The molecule has 1 aliphatic rings. The summed E-state index contributed by atoms with van der Waals surface area (Å²) in [7, 11) is 0. The van der Waals surface area contributed by atoms with Gasteiger partial charge in [0.05, 0.1) is 5.56 Å². The molecule has 1 fully saturated rings. The maximum absolute atomic E-state index is 12.9. The van der Waals surface area contributed by atoms with Crippen molar-refractivity contribution in [2.24, 2.45) is 0 Å². The molecule has 3 heteroatoms. The van der Waals surface area contributed by atoms with Crippen molar-refractivity contribution in [1.29, 1.82) is 0 Å². The fourth-order valence-corrected chi connectivity index (χ4v) is 1.96. The van der Waals surface area contributed by atoms with E-state index in [9.17, 15) is 4.39 Å². The maximum atomic E-state index is 12.9. The Morgan fingerprint density at radius 2 is 2.27 bits per heavy atom. The molecule has 1 heterocycles. The molecule has 0 radical (unpaired) electrons. The molecule has 56 valence electrons. The van der Waals surface area contributed by atoms with E-state index in [1.807, 2.05) is 0 Å². The van der Waals surface area contributed by atoms with Gasteiger partial charge in [-0.05, 0) is 0 Å². The summed E-state index contributed by atoms with van der Waals surface area (Å²) in [6, 6.07) is 0. The van der Waals surface area contributed by atoms with Gasteiger partial charge in [-0.2, -0.15) is 0 Å². The normalized spacial score (nSPS) is 19.3. The van der Waals surface area contributed by atoms with Crippen molar-refractivity contribution in [3.8, 4) is 0 Å². The van der Waals surface area contributed by atoms with Crippen molar-refractivity contribution in [3.63, 3.8) is 0 Å². The smallest absolute Gasteiger partial charge is 0.261 e. The van der Waals surface area contributed by atoms with Crippen LogP contribution in [0.4, 0.5) is 4.39 Å². The first-order valence-electron chi connectivity index (χ1n) is 3.39. The Hall–Kier alpha value is -0.880. The summed E-state index contributed by atoms with van der Waals surface area (Å²) in [6.45, 7) is 6.90. The number of rotatable bonds is 1. The van der Waals surface area contributed by atoms with Crippen LogP contribution in [0, 0.1) is 12.4 Å². The van der Waals surface area contributed by atoms with Gasteiger partial charge in [-0.15, -0.1) is 11.3 Å². The van der Waals surface area contributed by atoms with Gasteiger partial charge >= 0.3 is 0 Å². The van der Waals surface area contributed by atoms with Gasteiger partial charge in [-0.1, -0.05) is 0 Å². The number of thiophene rings is 1. The minimum absolute atomic E-state index is 0.205. The van der Waals surface area contributed by atoms with Crippen LogP contribution in [0.15, 0.2) is 10.8 Å². The van der Waals surface area contributed by atoms with E-state index in [-0.39, 0.29) is 5.82 Å². The van der Waals surface area contributed by atoms with Crippen molar-refractivity contribution >= 4 is 11.3 Å². The van der Waals surface area contributed by atoms with Crippen molar-refractivity contribution in [2.75, 3.05) is 0 Å². The zero-order valence-corrected chi connectivity index (χ0v) is 6.62. The SMILES string of the molecule is [C-]#[N+]C1(c2cscc2F)CC1. The van der Waals surface area contributed by atoms with E-state index >= 15 is 0 Å². The van der Waals surface area contributed by atoms with Crippen LogP contribution < -0.4 is 0 Å². The maximum Gasteiger partial charge on any atom is 0.261 e. The summed E-state index contributed by atoms with van der Waals surface area (Å²) in [5.41, 5.74) is 0.141. The molecule has 1 aromatic heterocycles. The number of hydrogen-bond acceptors (Lipinski definition) is 1. The van der Waals surface area contributed by atoms with Crippen LogP contribution in [0.5, 0.6) is 0 Å². The topological polar surface area (TPSA) is 4.36 Å². The Kier molecular flexibility index (Phi) is 1.27. The monoisotopic (exact) mass is 167 g/mol. The Balaban J connectivity index is 2.45. The summed E-state index contributed by atoms with van der Waals surface area (Å²) >= 11 is 1.33. The van der Waals surface area contributed by atoms with E-state index in [0.717, 1.165) is 12.8 Å². The predicted octanol–water partition coefficient (Wildman–Crippen LogP) is 2.80. The van der Waals surface area contributed by atoms with Crippen LogP contribution in [0.25, 0.3) is 4.85 Å². The molecule has 0 unspecified atom stereocenters. The van der Waals surface area contributed by atoms with Crippen LogP contribution in [-0.2, 0) is 5.54 Å².